The molecule has 0 radical (unpaired) electrons. The molecule has 3 heterocycles. The van der Waals surface area contributed by atoms with Gasteiger partial charge in [-0.3, -0.25) is 14.5 Å². The molecule has 0 unspecified atom stereocenters. The molecule has 3 aromatic heterocycles. The number of rotatable bonds is 8. The molecule has 9 heteroatoms. The topological polar surface area (TPSA) is 128 Å². The Morgan fingerprint density at radius 3 is 2.54 bits per heavy atom. The molecule has 1 amide bonds. The maximum Gasteiger partial charge on any atom is 0.248 e. The van der Waals surface area contributed by atoms with Crippen LogP contribution in [0.15, 0.2) is 67.1 Å². The molecular weight excluding hydrogens is 444 g/mol. The SMILES string of the molecule is CC(C)(O)c1cc(Nc2cc(Oc3cn(C4CC4)nc3-c3ccc(C(N)=O)cc3)ccn2)ccn1. The van der Waals surface area contributed by atoms with Crippen molar-refractivity contribution < 1.29 is 14.6 Å². The molecule has 0 saturated heterocycles. The van der Waals surface area contributed by atoms with Crippen molar-refractivity contribution in [2.24, 2.45) is 5.73 Å². The fourth-order valence-corrected chi connectivity index (χ4v) is 3.63. The summed E-state index contributed by atoms with van der Waals surface area (Å²) in [7, 11) is 0. The van der Waals surface area contributed by atoms with E-state index >= 15 is 0 Å². The first-order valence-electron chi connectivity index (χ1n) is 11.4. The number of pyridine rings is 2. The van der Waals surface area contributed by atoms with Crippen LogP contribution in [-0.2, 0) is 5.60 Å². The van der Waals surface area contributed by atoms with Gasteiger partial charge in [-0.2, -0.15) is 5.10 Å². The summed E-state index contributed by atoms with van der Waals surface area (Å²) in [4.78, 5) is 20.0. The lowest BCUT2D eigenvalue weighted by Crippen LogP contribution is -2.17. The Hall–Kier alpha value is -4.24. The lowest BCUT2D eigenvalue weighted by atomic mass is 10.0. The number of hydrogen-bond donors (Lipinski definition) is 3. The molecule has 4 N–H and O–H groups in total. The van der Waals surface area contributed by atoms with Crippen LogP contribution >= 0.6 is 0 Å². The van der Waals surface area contributed by atoms with Gasteiger partial charge >= 0.3 is 0 Å². The first-order chi connectivity index (χ1) is 16.8. The first kappa shape index (κ1) is 22.5. The third kappa shape index (κ3) is 5.15. The average molecular weight is 471 g/mol. The van der Waals surface area contributed by atoms with Crippen molar-refractivity contribution in [3.63, 3.8) is 0 Å². The average Bonchev–Trinajstić information content (AvgIpc) is 3.60. The van der Waals surface area contributed by atoms with Gasteiger partial charge in [0.05, 0.1) is 17.9 Å². The Balaban J connectivity index is 1.41. The summed E-state index contributed by atoms with van der Waals surface area (Å²) in [5.74, 6) is 1.30. The van der Waals surface area contributed by atoms with E-state index in [2.05, 4.69) is 15.3 Å². The van der Waals surface area contributed by atoms with E-state index < -0.39 is 11.5 Å². The summed E-state index contributed by atoms with van der Waals surface area (Å²) in [6.45, 7) is 3.37. The predicted molar refractivity (Wildman–Crippen MR) is 132 cm³/mol. The maximum atomic E-state index is 11.4. The monoisotopic (exact) mass is 470 g/mol. The van der Waals surface area contributed by atoms with E-state index in [0.717, 1.165) is 24.1 Å². The number of carbonyl (C=O) groups excluding carboxylic acids is 1. The minimum Gasteiger partial charge on any atom is -0.453 e. The molecule has 0 aliphatic heterocycles. The van der Waals surface area contributed by atoms with Gasteiger partial charge in [0, 0.05) is 35.3 Å². The molecule has 178 valence electrons. The second kappa shape index (κ2) is 8.84. The van der Waals surface area contributed by atoms with Crippen molar-refractivity contribution in [3.05, 3.63) is 78.4 Å². The number of ether oxygens (including phenoxy) is 1. The van der Waals surface area contributed by atoms with Gasteiger partial charge in [-0.25, -0.2) is 4.98 Å². The summed E-state index contributed by atoms with van der Waals surface area (Å²) in [5, 5.41) is 18.2. The van der Waals surface area contributed by atoms with E-state index in [1.54, 1.807) is 62.6 Å². The molecule has 0 spiro atoms. The molecule has 1 fully saturated rings. The molecular formula is C26H26N6O3. The molecule has 1 aliphatic carbocycles. The Morgan fingerprint density at radius 2 is 1.86 bits per heavy atom. The fraction of sp³-hybridized carbons (Fsp3) is 0.231. The molecule has 35 heavy (non-hydrogen) atoms. The van der Waals surface area contributed by atoms with Crippen molar-refractivity contribution in [1.29, 1.82) is 0 Å². The summed E-state index contributed by atoms with van der Waals surface area (Å²) in [6.07, 6.45) is 7.37. The zero-order chi connectivity index (χ0) is 24.6. The van der Waals surface area contributed by atoms with Gasteiger partial charge in [-0.1, -0.05) is 12.1 Å². The number of benzene rings is 1. The number of aliphatic hydroxyl groups is 1. The van der Waals surface area contributed by atoms with Crippen molar-refractivity contribution in [2.45, 2.75) is 38.3 Å². The third-order valence-electron chi connectivity index (χ3n) is 5.68. The Kier molecular flexibility index (Phi) is 5.70. The highest BCUT2D eigenvalue weighted by atomic mass is 16.5. The second-order valence-corrected chi connectivity index (χ2v) is 9.09. The standard InChI is InChI=1S/C26H26N6O3/c1-26(2,34)22-13-18(9-11-28-22)30-23-14-20(10-12-29-23)35-21-15-32(19-7-8-19)31-24(21)16-3-5-17(6-4-16)25(27)33/h3-6,9-15,19,34H,7-8H2,1-2H3,(H2,27,33)(H,28,29,30). The second-order valence-electron chi connectivity index (χ2n) is 9.09. The molecule has 1 aliphatic rings. The smallest absolute Gasteiger partial charge is 0.248 e. The van der Waals surface area contributed by atoms with Crippen molar-refractivity contribution in [2.75, 3.05) is 5.32 Å². The van der Waals surface area contributed by atoms with Gasteiger partial charge in [0.2, 0.25) is 5.91 Å². The van der Waals surface area contributed by atoms with E-state index in [0.29, 0.717) is 40.3 Å². The van der Waals surface area contributed by atoms with Crippen molar-refractivity contribution in [1.82, 2.24) is 19.7 Å². The minimum atomic E-state index is -1.05. The fourth-order valence-electron chi connectivity index (χ4n) is 3.63. The summed E-state index contributed by atoms with van der Waals surface area (Å²) in [5.41, 5.74) is 7.57. The number of primary amides is 1. The Bertz CT molecular complexity index is 1370. The molecule has 1 saturated carbocycles. The number of carbonyl (C=O) groups is 1. The number of nitrogens with one attached hydrogen (secondary N) is 1. The van der Waals surface area contributed by atoms with Crippen LogP contribution < -0.4 is 15.8 Å². The maximum absolute atomic E-state index is 11.4. The molecule has 9 nitrogen and oxygen atoms in total. The van der Waals surface area contributed by atoms with Crippen LogP contribution in [0, 0.1) is 0 Å². The van der Waals surface area contributed by atoms with Crippen LogP contribution in [0.5, 0.6) is 11.5 Å². The summed E-state index contributed by atoms with van der Waals surface area (Å²) >= 11 is 0. The normalized spacial score (nSPS) is 13.5. The summed E-state index contributed by atoms with van der Waals surface area (Å²) in [6, 6.07) is 14.5. The molecule has 0 bridgehead atoms. The van der Waals surface area contributed by atoms with Gasteiger partial charge in [0.25, 0.3) is 0 Å². The van der Waals surface area contributed by atoms with Crippen LogP contribution in [0.2, 0.25) is 0 Å². The highest BCUT2D eigenvalue weighted by Gasteiger charge is 2.27. The zero-order valence-corrected chi connectivity index (χ0v) is 19.5. The van der Waals surface area contributed by atoms with Gasteiger partial charge in [-0.05, 0) is 57.0 Å². The van der Waals surface area contributed by atoms with Crippen LogP contribution in [0.25, 0.3) is 11.3 Å². The van der Waals surface area contributed by atoms with Crippen LogP contribution in [0.4, 0.5) is 11.5 Å². The minimum absolute atomic E-state index is 0.377. The van der Waals surface area contributed by atoms with E-state index in [-0.39, 0.29) is 0 Å². The molecule has 4 aromatic rings. The van der Waals surface area contributed by atoms with Crippen LogP contribution in [0.1, 0.15) is 48.8 Å². The number of hydrogen-bond acceptors (Lipinski definition) is 7. The van der Waals surface area contributed by atoms with Gasteiger partial charge in [-0.15, -0.1) is 0 Å². The van der Waals surface area contributed by atoms with Crippen molar-refractivity contribution >= 4 is 17.4 Å². The van der Waals surface area contributed by atoms with E-state index in [1.807, 2.05) is 23.0 Å². The first-order valence-corrected chi connectivity index (χ1v) is 11.4. The van der Waals surface area contributed by atoms with E-state index in [9.17, 15) is 9.90 Å². The highest BCUT2D eigenvalue weighted by Crippen LogP contribution is 2.40. The van der Waals surface area contributed by atoms with Crippen LogP contribution in [-0.4, -0.2) is 30.8 Å². The van der Waals surface area contributed by atoms with E-state index in [1.165, 1.54) is 0 Å². The number of aromatic nitrogens is 4. The number of nitrogens with zero attached hydrogens (tertiary/aromatic N) is 4. The van der Waals surface area contributed by atoms with E-state index in [4.69, 9.17) is 15.6 Å². The largest absolute Gasteiger partial charge is 0.453 e. The Morgan fingerprint density at radius 1 is 1.11 bits per heavy atom. The quantitative estimate of drug-likeness (QED) is 0.345. The number of nitrogens with two attached hydrogens (primary N) is 1. The number of amides is 1. The predicted octanol–water partition coefficient (Wildman–Crippen LogP) is 4.54. The lowest BCUT2D eigenvalue weighted by Gasteiger charge is -2.17. The zero-order valence-electron chi connectivity index (χ0n) is 19.5. The lowest BCUT2D eigenvalue weighted by molar-refractivity contribution is 0.0739. The number of anilines is 2. The molecule has 1 aromatic carbocycles. The van der Waals surface area contributed by atoms with Crippen molar-refractivity contribution in [3.8, 4) is 22.8 Å². The third-order valence-corrected chi connectivity index (χ3v) is 5.68. The summed E-state index contributed by atoms with van der Waals surface area (Å²) < 4.78 is 8.18. The van der Waals surface area contributed by atoms with Crippen LogP contribution in [0.3, 0.4) is 0 Å². The molecule has 0 atom stereocenters. The molecule has 5 rings (SSSR count). The van der Waals surface area contributed by atoms with Gasteiger partial charge in [0.15, 0.2) is 5.75 Å². The highest BCUT2D eigenvalue weighted by molar-refractivity contribution is 5.93. The van der Waals surface area contributed by atoms with Gasteiger partial charge in [0.1, 0.15) is 22.9 Å². The van der Waals surface area contributed by atoms with Gasteiger partial charge < -0.3 is 20.9 Å². The Labute approximate surface area is 202 Å².